The molecule has 108 valence electrons. The molecule has 0 radical (unpaired) electrons. The van der Waals surface area contributed by atoms with Gasteiger partial charge in [0.25, 0.3) is 0 Å². The largest absolute Gasteiger partial charge is 0.463 e. The van der Waals surface area contributed by atoms with Gasteiger partial charge in [-0.15, -0.1) is 0 Å². The molecule has 21 heavy (non-hydrogen) atoms. The monoisotopic (exact) mass is 348 g/mol. The van der Waals surface area contributed by atoms with E-state index in [0.29, 0.717) is 18.7 Å². The lowest BCUT2D eigenvalue weighted by atomic mass is 10.0. The van der Waals surface area contributed by atoms with Crippen molar-refractivity contribution in [3.05, 3.63) is 52.2 Å². The van der Waals surface area contributed by atoms with E-state index in [1.54, 1.807) is 25.1 Å². The Labute approximate surface area is 130 Å². The molecule has 0 bridgehead atoms. The molecule has 0 saturated carbocycles. The topological polar surface area (TPSA) is 56.5 Å². The van der Waals surface area contributed by atoms with Crippen LogP contribution in [0.1, 0.15) is 23.0 Å². The molecule has 0 aliphatic carbocycles. The van der Waals surface area contributed by atoms with Gasteiger partial charge in [-0.1, -0.05) is 15.9 Å². The van der Waals surface area contributed by atoms with E-state index in [1.807, 2.05) is 18.2 Å². The summed E-state index contributed by atoms with van der Waals surface area (Å²) >= 11 is 3.39. The fourth-order valence-corrected chi connectivity index (χ4v) is 2.18. The van der Waals surface area contributed by atoms with E-state index in [-0.39, 0.29) is 5.76 Å². The standard InChI is InChI=1S/C16H13BrO4/c1-2-20-16(19)8-3-11-9-12(17)4-6-14(11)15-7-5-13(10-18)21-15/h3-10H,2H2,1H3. The molecule has 0 unspecified atom stereocenters. The molecule has 0 atom stereocenters. The van der Waals surface area contributed by atoms with Gasteiger partial charge in [-0.2, -0.15) is 0 Å². The van der Waals surface area contributed by atoms with Crippen LogP contribution < -0.4 is 0 Å². The van der Waals surface area contributed by atoms with E-state index in [2.05, 4.69) is 15.9 Å². The van der Waals surface area contributed by atoms with Crippen molar-refractivity contribution in [2.24, 2.45) is 0 Å². The number of carbonyl (C=O) groups excluding carboxylic acids is 2. The van der Waals surface area contributed by atoms with Crippen LogP contribution in [0.5, 0.6) is 0 Å². The summed E-state index contributed by atoms with van der Waals surface area (Å²) in [5.74, 6) is 0.415. The zero-order valence-electron chi connectivity index (χ0n) is 11.3. The number of hydrogen-bond acceptors (Lipinski definition) is 4. The first kappa shape index (κ1) is 15.3. The van der Waals surface area contributed by atoms with Gasteiger partial charge in [-0.3, -0.25) is 4.79 Å². The van der Waals surface area contributed by atoms with Crippen LogP contribution in [0.2, 0.25) is 0 Å². The van der Waals surface area contributed by atoms with Gasteiger partial charge in [0.15, 0.2) is 12.0 Å². The molecular weight excluding hydrogens is 336 g/mol. The van der Waals surface area contributed by atoms with Crippen LogP contribution in [0.25, 0.3) is 17.4 Å². The Balaban J connectivity index is 2.37. The van der Waals surface area contributed by atoms with Crippen LogP contribution >= 0.6 is 15.9 Å². The lowest BCUT2D eigenvalue weighted by molar-refractivity contribution is -0.137. The van der Waals surface area contributed by atoms with Crippen molar-refractivity contribution >= 4 is 34.3 Å². The van der Waals surface area contributed by atoms with Crippen LogP contribution in [-0.2, 0) is 9.53 Å². The second-order valence-electron chi connectivity index (χ2n) is 4.14. The molecule has 1 heterocycles. The minimum absolute atomic E-state index is 0.258. The first-order valence-electron chi connectivity index (χ1n) is 6.34. The highest BCUT2D eigenvalue weighted by Gasteiger charge is 2.09. The maximum Gasteiger partial charge on any atom is 0.330 e. The summed E-state index contributed by atoms with van der Waals surface area (Å²) < 4.78 is 11.1. The normalized spacial score (nSPS) is 10.8. The minimum Gasteiger partial charge on any atom is -0.463 e. The Bertz CT molecular complexity index is 685. The van der Waals surface area contributed by atoms with Gasteiger partial charge in [0.05, 0.1) is 6.61 Å². The lowest BCUT2D eigenvalue weighted by Crippen LogP contribution is -1.98. The number of halogens is 1. The summed E-state index contributed by atoms with van der Waals surface area (Å²) in [6.07, 6.45) is 3.66. The van der Waals surface area contributed by atoms with Crippen molar-refractivity contribution < 1.29 is 18.7 Å². The van der Waals surface area contributed by atoms with Crippen LogP contribution in [0.3, 0.4) is 0 Å². The molecule has 5 heteroatoms. The van der Waals surface area contributed by atoms with Gasteiger partial charge in [0.1, 0.15) is 5.76 Å². The Morgan fingerprint density at radius 1 is 1.33 bits per heavy atom. The van der Waals surface area contributed by atoms with E-state index in [1.165, 1.54) is 6.08 Å². The van der Waals surface area contributed by atoms with E-state index < -0.39 is 5.97 Å². The Morgan fingerprint density at radius 3 is 2.81 bits per heavy atom. The molecule has 1 aromatic heterocycles. The van der Waals surface area contributed by atoms with Gasteiger partial charge in [-0.05, 0) is 48.9 Å². The highest BCUT2D eigenvalue weighted by atomic mass is 79.9. The third kappa shape index (κ3) is 3.92. The summed E-state index contributed by atoms with van der Waals surface area (Å²) in [6.45, 7) is 2.08. The lowest BCUT2D eigenvalue weighted by Gasteiger charge is -2.04. The Kier molecular flexibility index (Phi) is 5.11. The van der Waals surface area contributed by atoms with Gasteiger partial charge < -0.3 is 9.15 Å². The summed E-state index contributed by atoms with van der Waals surface area (Å²) in [6, 6.07) is 8.88. The summed E-state index contributed by atoms with van der Waals surface area (Å²) in [4.78, 5) is 22.1. The molecule has 4 nitrogen and oxygen atoms in total. The first-order chi connectivity index (χ1) is 10.1. The van der Waals surface area contributed by atoms with Crippen molar-refractivity contribution in [1.29, 1.82) is 0 Å². The third-order valence-corrected chi connectivity index (χ3v) is 3.20. The smallest absolute Gasteiger partial charge is 0.330 e. The second-order valence-corrected chi connectivity index (χ2v) is 5.05. The van der Waals surface area contributed by atoms with Crippen LogP contribution in [0, 0.1) is 0 Å². The van der Waals surface area contributed by atoms with Gasteiger partial charge >= 0.3 is 5.97 Å². The van der Waals surface area contributed by atoms with E-state index in [9.17, 15) is 9.59 Å². The number of furan rings is 1. The fraction of sp³-hybridized carbons (Fsp3) is 0.125. The zero-order valence-corrected chi connectivity index (χ0v) is 12.9. The maximum atomic E-state index is 11.4. The van der Waals surface area contributed by atoms with Crippen LogP contribution in [0.15, 0.2) is 45.3 Å². The molecule has 0 N–H and O–H groups in total. The zero-order chi connectivity index (χ0) is 15.2. The average Bonchev–Trinajstić information content (AvgIpc) is 2.94. The quantitative estimate of drug-likeness (QED) is 0.463. The molecule has 0 saturated heterocycles. The fourth-order valence-electron chi connectivity index (χ4n) is 1.80. The molecule has 0 fully saturated rings. The van der Waals surface area contributed by atoms with E-state index in [4.69, 9.17) is 9.15 Å². The minimum atomic E-state index is -0.406. The molecule has 0 aliphatic heterocycles. The second kappa shape index (κ2) is 7.04. The van der Waals surface area contributed by atoms with E-state index in [0.717, 1.165) is 15.6 Å². The number of aldehydes is 1. The average molecular weight is 349 g/mol. The summed E-state index contributed by atoms with van der Waals surface area (Å²) in [5.41, 5.74) is 1.57. The summed E-state index contributed by atoms with van der Waals surface area (Å²) in [5, 5.41) is 0. The molecular formula is C16H13BrO4. The molecule has 0 aliphatic rings. The number of carbonyl (C=O) groups is 2. The molecule has 0 spiro atoms. The number of benzene rings is 1. The van der Waals surface area contributed by atoms with Gasteiger partial charge in [0, 0.05) is 16.1 Å². The molecule has 0 amide bonds. The number of ether oxygens (including phenoxy) is 1. The SMILES string of the molecule is CCOC(=O)C=Cc1cc(Br)ccc1-c1ccc(C=O)o1. The maximum absolute atomic E-state index is 11.4. The van der Waals surface area contributed by atoms with Crippen molar-refractivity contribution in [1.82, 2.24) is 0 Å². The third-order valence-electron chi connectivity index (χ3n) is 2.71. The van der Waals surface area contributed by atoms with E-state index >= 15 is 0 Å². The Hall–Kier alpha value is -2.14. The van der Waals surface area contributed by atoms with Gasteiger partial charge in [0.2, 0.25) is 0 Å². The van der Waals surface area contributed by atoms with Gasteiger partial charge in [-0.25, -0.2) is 4.79 Å². The molecule has 1 aromatic carbocycles. The highest BCUT2D eigenvalue weighted by Crippen LogP contribution is 2.29. The Morgan fingerprint density at radius 2 is 2.14 bits per heavy atom. The molecule has 2 aromatic rings. The van der Waals surface area contributed by atoms with Crippen LogP contribution in [0.4, 0.5) is 0 Å². The van der Waals surface area contributed by atoms with Crippen molar-refractivity contribution in [2.45, 2.75) is 6.92 Å². The van der Waals surface area contributed by atoms with Crippen molar-refractivity contribution in [2.75, 3.05) is 6.61 Å². The predicted molar refractivity (Wildman–Crippen MR) is 82.9 cm³/mol. The van der Waals surface area contributed by atoms with Crippen LogP contribution in [-0.4, -0.2) is 18.9 Å². The van der Waals surface area contributed by atoms with Crippen molar-refractivity contribution in [3.63, 3.8) is 0 Å². The highest BCUT2D eigenvalue weighted by molar-refractivity contribution is 9.10. The number of esters is 1. The number of rotatable bonds is 5. The first-order valence-corrected chi connectivity index (χ1v) is 7.13. The number of hydrogen-bond donors (Lipinski definition) is 0. The summed E-state index contributed by atoms with van der Waals surface area (Å²) in [7, 11) is 0. The molecule has 2 rings (SSSR count). The van der Waals surface area contributed by atoms with Crippen molar-refractivity contribution in [3.8, 4) is 11.3 Å². The predicted octanol–water partition coefficient (Wildman–Crippen LogP) is 4.10.